The first-order chi connectivity index (χ1) is 9.68. The maximum Gasteiger partial charge on any atom is 0.236 e. The molecule has 0 unspecified atom stereocenters. The summed E-state index contributed by atoms with van der Waals surface area (Å²) in [5.41, 5.74) is 3.37. The van der Waals surface area contributed by atoms with Crippen LogP contribution < -0.4 is 0 Å². The molecule has 0 saturated carbocycles. The minimum absolute atomic E-state index is 0.0521. The van der Waals surface area contributed by atoms with Gasteiger partial charge in [-0.2, -0.15) is 0 Å². The summed E-state index contributed by atoms with van der Waals surface area (Å²) in [6.45, 7) is 13.4. The number of likely N-dealkylation sites (N-methyl/N-ethyl adjacent to an activating group) is 1. The third kappa shape index (κ3) is 3.59. The van der Waals surface area contributed by atoms with Gasteiger partial charge >= 0.3 is 0 Å². The lowest BCUT2D eigenvalue weighted by Gasteiger charge is -2.31. The second kappa shape index (κ2) is 5.72. The molecule has 1 aliphatic rings. The number of nitrogens with zero attached hydrogens (tertiary/aromatic N) is 4. The van der Waals surface area contributed by atoms with Crippen LogP contribution in [0.5, 0.6) is 0 Å². The highest BCUT2D eigenvalue weighted by atomic mass is 16.2. The Labute approximate surface area is 127 Å². The topological polar surface area (TPSA) is 49.3 Å². The minimum atomic E-state index is 0.0521. The summed E-state index contributed by atoms with van der Waals surface area (Å²) < 4.78 is 0. The molecule has 1 aromatic rings. The van der Waals surface area contributed by atoms with Crippen LogP contribution in [0.3, 0.4) is 0 Å². The first-order valence-electron chi connectivity index (χ1n) is 7.49. The smallest absolute Gasteiger partial charge is 0.236 e. The van der Waals surface area contributed by atoms with Crippen LogP contribution in [0, 0.1) is 13.8 Å². The molecule has 0 radical (unpaired) electrons. The van der Waals surface area contributed by atoms with Crippen LogP contribution in [0.25, 0.3) is 0 Å². The predicted octanol–water partition coefficient (Wildman–Crippen LogP) is 1.66. The summed E-state index contributed by atoms with van der Waals surface area (Å²) in [6, 6.07) is 0. The standard InChI is InChI=1S/C16H26N4O/c1-11-15(16(3,4)5)12(2)18-13(17-11)9-20-8-7-19(6)14(21)10-20/h7-10H2,1-6H3. The molecule has 116 valence electrons. The quantitative estimate of drug-likeness (QED) is 0.831. The molecule has 1 fully saturated rings. The molecule has 2 heterocycles. The number of piperazine rings is 1. The van der Waals surface area contributed by atoms with Crippen molar-refractivity contribution in [2.24, 2.45) is 0 Å². The van der Waals surface area contributed by atoms with E-state index in [1.54, 1.807) is 4.90 Å². The monoisotopic (exact) mass is 290 g/mol. The van der Waals surface area contributed by atoms with Crippen molar-refractivity contribution in [1.82, 2.24) is 19.8 Å². The number of hydrogen-bond acceptors (Lipinski definition) is 4. The van der Waals surface area contributed by atoms with Gasteiger partial charge in [0.25, 0.3) is 0 Å². The predicted molar refractivity (Wildman–Crippen MR) is 83.1 cm³/mol. The second-order valence-corrected chi connectivity index (χ2v) is 6.96. The molecule has 0 bridgehead atoms. The Morgan fingerprint density at radius 3 is 2.14 bits per heavy atom. The van der Waals surface area contributed by atoms with E-state index in [9.17, 15) is 4.79 Å². The Kier molecular flexibility index (Phi) is 4.33. The van der Waals surface area contributed by atoms with Crippen LogP contribution in [-0.2, 0) is 16.8 Å². The third-order valence-electron chi connectivity index (χ3n) is 3.97. The molecule has 0 spiro atoms. The summed E-state index contributed by atoms with van der Waals surface area (Å²) >= 11 is 0. The van der Waals surface area contributed by atoms with Crippen LogP contribution in [0.15, 0.2) is 0 Å². The number of carbonyl (C=O) groups excluding carboxylic acids is 1. The van der Waals surface area contributed by atoms with Gasteiger partial charge in [-0.15, -0.1) is 0 Å². The van der Waals surface area contributed by atoms with Crippen LogP contribution in [-0.4, -0.2) is 52.4 Å². The molecule has 0 aromatic carbocycles. The van der Waals surface area contributed by atoms with E-state index < -0.39 is 0 Å². The fourth-order valence-corrected chi connectivity index (χ4v) is 3.08. The van der Waals surface area contributed by atoms with E-state index in [-0.39, 0.29) is 11.3 Å². The molecule has 1 amide bonds. The molecule has 0 aliphatic carbocycles. The molecule has 1 aromatic heterocycles. The Balaban J connectivity index is 2.17. The summed E-state index contributed by atoms with van der Waals surface area (Å²) in [4.78, 5) is 25.0. The fraction of sp³-hybridized carbons (Fsp3) is 0.688. The van der Waals surface area contributed by atoms with Gasteiger partial charge in [-0.3, -0.25) is 9.69 Å². The molecule has 0 atom stereocenters. The van der Waals surface area contributed by atoms with E-state index >= 15 is 0 Å². The van der Waals surface area contributed by atoms with E-state index in [0.29, 0.717) is 13.1 Å². The highest BCUT2D eigenvalue weighted by Crippen LogP contribution is 2.27. The van der Waals surface area contributed by atoms with Crippen molar-refractivity contribution in [3.05, 3.63) is 22.8 Å². The van der Waals surface area contributed by atoms with E-state index in [1.165, 1.54) is 5.56 Å². The summed E-state index contributed by atoms with van der Waals surface area (Å²) in [5, 5.41) is 0. The van der Waals surface area contributed by atoms with Gasteiger partial charge in [-0.05, 0) is 19.3 Å². The van der Waals surface area contributed by atoms with Crippen LogP contribution in [0.1, 0.15) is 43.5 Å². The summed E-state index contributed by atoms with van der Waals surface area (Å²) in [5.74, 6) is 0.983. The van der Waals surface area contributed by atoms with Crippen molar-refractivity contribution in [1.29, 1.82) is 0 Å². The number of carbonyl (C=O) groups is 1. The van der Waals surface area contributed by atoms with Crippen molar-refractivity contribution >= 4 is 5.91 Å². The van der Waals surface area contributed by atoms with Gasteiger partial charge in [0.05, 0.1) is 13.1 Å². The normalized spacial score (nSPS) is 17.4. The number of rotatable bonds is 2. The average molecular weight is 290 g/mol. The van der Waals surface area contributed by atoms with Crippen LogP contribution >= 0.6 is 0 Å². The van der Waals surface area contributed by atoms with E-state index in [4.69, 9.17) is 0 Å². The number of amides is 1. The molecule has 1 aliphatic heterocycles. The van der Waals surface area contributed by atoms with Crippen LogP contribution in [0.2, 0.25) is 0 Å². The summed E-state index contributed by atoms with van der Waals surface area (Å²) in [6.07, 6.45) is 0. The van der Waals surface area contributed by atoms with Crippen molar-refractivity contribution in [3.63, 3.8) is 0 Å². The Bertz CT molecular complexity index is 525. The van der Waals surface area contributed by atoms with Gasteiger partial charge in [0.15, 0.2) is 0 Å². The number of aryl methyl sites for hydroxylation is 2. The fourth-order valence-electron chi connectivity index (χ4n) is 3.08. The molecule has 5 nitrogen and oxygen atoms in total. The molecular weight excluding hydrogens is 264 g/mol. The Hall–Kier alpha value is -1.49. The maximum absolute atomic E-state index is 11.8. The molecule has 2 rings (SSSR count). The highest BCUT2D eigenvalue weighted by molar-refractivity contribution is 5.78. The largest absolute Gasteiger partial charge is 0.343 e. The van der Waals surface area contributed by atoms with Gasteiger partial charge in [-0.25, -0.2) is 9.97 Å². The zero-order chi connectivity index (χ0) is 15.8. The first-order valence-corrected chi connectivity index (χ1v) is 7.49. The Morgan fingerprint density at radius 1 is 1.10 bits per heavy atom. The lowest BCUT2D eigenvalue weighted by molar-refractivity contribution is -0.134. The van der Waals surface area contributed by atoms with E-state index in [1.807, 2.05) is 20.9 Å². The van der Waals surface area contributed by atoms with Gasteiger partial charge < -0.3 is 4.90 Å². The average Bonchev–Trinajstić information content (AvgIpc) is 2.31. The number of aromatic nitrogens is 2. The van der Waals surface area contributed by atoms with Gasteiger partial charge in [0, 0.05) is 37.1 Å². The van der Waals surface area contributed by atoms with Gasteiger partial charge in [0.1, 0.15) is 5.82 Å². The zero-order valence-corrected chi connectivity index (χ0v) is 14.0. The molecule has 5 heteroatoms. The number of hydrogen-bond donors (Lipinski definition) is 0. The molecule has 21 heavy (non-hydrogen) atoms. The van der Waals surface area contributed by atoms with Crippen LogP contribution in [0.4, 0.5) is 0 Å². The summed E-state index contributed by atoms with van der Waals surface area (Å²) in [7, 11) is 1.85. The van der Waals surface area contributed by atoms with Crippen molar-refractivity contribution in [3.8, 4) is 0 Å². The highest BCUT2D eigenvalue weighted by Gasteiger charge is 2.24. The lowest BCUT2D eigenvalue weighted by Crippen LogP contribution is -2.48. The van der Waals surface area contributed by atoms with Crippen molar-refractivity contribution < 1.29 is 4.79 Å². The molecule has 0 N–H and O–H groups in total. The van der Waals surface area contributed by atoms with Gasteiger partial charge in [0.2, 0.25) is 5.91 Å². The SMILES string of the molecule is Cc1nc(CN2CCN(C)C(=O)C2)nc(C)c1C(C)(C)C. The van der Waals surface area contributed by atoms with Crippen molar-refractivity contribution in [2.45, 2.75) is 46.6 Å². The second-order valence-electron chi connectivity index (χ2n) is 6.96. The third-order valence-corrected chi connectivity index (χ3v) is 3.97. The van der Waals surface area contributed by atoms with E-state index in [2.05, 4.69) is 35.6 Å². The minimum Gasteiger partial charge on any atom is -0.343 e. The molecular formula is C16H26N4O. The van der Waals surface area contributed by atoms with Crippen molar-refractivity contribution in [2.75, 3.05) is 26.7 Å². The zero-order valence-electron chi connectivity index (χ0n) is 14.0. The first kappa shape index (κ1) is 15.9. The maximum atomic E-state index is 11.8. The lowest BCUT2D eigenvalue weighted by atomic mass is 9.85. The van der Waals surface area contributed by atoms with Gasteiger partial charge in [-0.1, -0.05) is 20.8 Å². The Morgan fingerprint density at radius 2 is 1.67 bits per heavy atom. The molecule has 1 saturated heterocycles. The van der Waals surface area contributed by atoms with E-state index in [0.717, 1.165) is 30.3 Å².